The molecule has 0 N–H and O–H groups in total. The van der Waals surface area contributed by atoms with E-state index in [0.29, 0.717) is 11.8 Å². The van der Waals surface area contributed by atoms with Crippen molar-refractivity contribution in [2.45, 2.75) is 50.8 Å². The maximum atomic E-state index is 12.4. The van der Waals surface area contributed by atoms with Crippen LogP contribution in [0.1, 0.15) is 43.4 Å². The summed E-state index contributed by atoms with van der Waals surface area (Å²) in [7, 11) is 0.635. The van der Waals surface area contributed by atoms with Crippen molar-refractivity contribution >= 4 is 28.0 Å². The van der Waals surface area contributed by atoms with Crippen molar-refractivity contribution in [2.24, 2.45) is 0 Å². The van der Waals surface area contributed by atoms with Gasteiger partial charge in [-0.15, -0.1) is 11.3 Å². The molecular formula is C20H26N2O2S2. The Morgan fingerprint density at radius 1 is 1.23 bits per heavy atom. The summed E-state index contributed by atoms with van der Waals surface area (Å²) in [5.74, 6) is 0.418. The van der Waals surface area contributed by atoms with Crippen molar-refractivity contribution in [2.75, 3.05) is 12.8 Å². The van der Waals surface area contributed by atoms with E-state index >= 15 is 0 Å². The third-order valence-corrected chi connectivity index (χ3v) is 7.09. The zero-order valence-corrected chi connectivity index (χ0v) is 17.1. The Morgan fingerprint density at radius 3 is 2.62 bits per heavy atom. The molecule has 1 aliphatic carbocycles. The zero-order chi connectivity index (χ0) is 18.5. The molecule has 1 aromatic heterocycles. The highest BCUT2D eigenvalue weighted by Gasteiger charge is 2.23. The second kappa shape index (κ2) is 8.91. The van der Waals surface area contributed by atoms with Crippen molar-refractivity contribution in [1.82, 2.24) is 9.88 Å². The Hall–Kier alpha value is -1.53. The largest absolute Gasteiger partial charge is 0.342 e. The van der Waals surface area contributed by atoms with Crippen LogP contribution in [0.15, 0.2) is 29.6 Å². The SMILES string of the molecule is Cc1ccc(-c2nc(CS(=O)CC(=O)N(C)C3CCCCC3)cs2)cc1. The van der Waals surface area contributed by atoms with Crippen LogP contribution in [-0.4, -0.2) is 38.8 Å². The van der Waals surface area contributed by atoms with E-state index in [4.69, 9.17) is 0 Å². The number of thiazole rings is 1. The van der Waals surface area contributed by atoms with Gasteiger partial charge in [-0.25, -0.2) is 4.98 Å². The van der Waals surface area contributed by atoms with Gasteiger partial charge in [-0.1, -0.05) is 49.1 Å². The number of carbonyl (C=O) groups excluding carboxylic acids is 1. The number of aryl methyl sites for hydroxylation is 1. The molecule has 0 saturated heterocycles. The number of carbonyl (C=O) groups is 1. The van der Waals surface area contributed by atoms with Crippen LogP contribution in [0.4, 0.5) is 0 Å². The lowest BCUT2D eigenvalue weighted by Gasteiger charge is -2.31. The second-order valence-corrected chi connectivity index (χ2v) is 9.35. The fourth-order valence-electron chi connectivity index (χ4n) is 3.33. The highest BCUT2D eigenvalue weighted by molar-refractivity contribution is 7.84. The van der Waals surface area contributed by atoms with Crippen molar-refractivity contribution in [1.29, 1.82) is 0 Å². The van der Waals surface area contributed by atoms with Gasteiger partial charge in [0.15, 0.2) is 0 Å². The van der Waals surface area contributed by atoms with Crippen molar-refractivity contribution in [3.8, 4) is 10.6 Å². The number of benzene rings is 1. The maximum absolute atomic E-state index is 12.4. The molecule has 1 aliphatic rings. The number of aromatic nitrogens is 1. The molecule has 140 valence electrons. The Morgan fingerprint density at radius 2 is 1.92 bits per heavy atom. The Bertz CT molecular complexity index is 764. The standard InChI is InChI=1S/C20H26N2O2S2/c1-15-8-10-16(11-9-15)20-21-17(12-25-20)13-26(24)14-19(23)22(2)18-6-4-3-5-7-18/h8-12,18H,3-7,13-14H2,1-2H3. The number of hydrogen-bond acceptors (Lipinski definition) is 4. The average Bonchev–Trinajstić information content (AvgIpc) is 3.10. The summed E-state index contributed by atoms with van der Waals surface area (Å²) >= 11 is 1.56. The second-order valence-electron chi connectivity index (χ2n) is 7.04. The minimum atomic E-state index is -1.22. The van der Waals surface area contributed by atoms with Crippen LogP contribution in [0.5, 0.6) is 0 Å². The Kier molecular flexibility index (Phi) is 6.59. The quantitative estimate of drug-likeness (QED) is 0.744. The molecule has 1 atom stereocenters. The lowest BCUT2D eigenvalue weighted by atomic mass is 9.94. The zero-order valence-electron chi connectivity index (χ0n) is 15.4. The first-order chi connectivity index (χ1) is 12.5. The number of amides is 1. The smallest absolute Gasteiger partial charge is 0.235 e. The molecule has 1 unspecified atom stereocenters. The molecule has 1 aromatic carbocycles. The van der Waals surface area contributed by atoms with Gasteiger partial charge in [-0.05, 0) is 19.8 Å². The van der Waals surface area contributed by atoms with Crippen molar-refractivity contribution in [3.05, 3.63) is 40.9 Å². The lowest BCUT2D eigenvalue weighted by Crippen LogP contribution is -2.40. The van der Waals surface area contributed by atoms with Crippen LogP contribution < -0.4 is 0 Å². The number of rotatable bonds is 6. The molecule has 1 heterocycles. The highest BCUT2D eigenvalue weighted by Crippen LogP contribution is 2.25. The van der Waals surface area contributed by atoms with Crippen LogP contribution in [0.3, 0.4) is 0 Å². The van der Waals surface area contributed by atoms with Gasteiger partial charge in [-0.3, -0.25) is 9.00 Å². The van der Waals surface area contributed by atoms with E-state index in [9.17, 15) is 9.00 Å². The van der Waals surface area contributed by atoms with E-state index in [1.54, 1.807) is 11.3 Å². The fourth-order valence-corrected chi connectivity index (χ4v) is 5.32. The summed E-state index contributed by atoms with van der Waals surface area (Å²) in [6, 6.07) is 8.55. The molecular weight excluding hydrogens is 364 g/mol. The molecule has 0 spiro atoms. The fraction of sp³-hybridized carbons (Fsp3) is 0.500. The molecule has 0 radical (unpaired) electrons. The topological polar surface area (TPSA) is 50.3 Å². The van der Waals surface area contributed by atoms with E-state index < -0.39 is 10.8 Å². The monoisotopic (exact) mass is 390 g/mol. The van der Waals surface area contributed by atoms with Gasteiger partial charge in [0, 0.05) is 34.8 Å². The van der Waals surface area contributed by atoms with Gasteiger partial charge in [0.2, 0.25) is 5.91 Å². The summed E-state index contributed by atoms with van der Waals surface area (Å²) in [6.45, 7) is 2.06. The molecule has 3 rings (SSSR count). The first-order valence-electron chi connectivity index (χ1n) is 9.15. The Labute approximate surface area is 162 Å². The Balaban J connectivity index is 1.54. The molecule has 4 nitrogen and oxygen atoms in total. The molecule has 2 aromatic rings. The van der Waals surface area contributed by atoms with Crippen LogP contribution in [0.2, 0.25) is 0 Å². The summed E-state index contributed by atoms with van der Waals surface area (Å²) in [5, 5.41) is 2.88. The first-order valence-corrected chi connectivity index (χ1v) is 11.5. The minimum absolute atomic E-state index is 0.00998. The average molecular weight is 391 g/mol. The van der Waals surface area contributed by atoms with Gasteiger partial charge in [0.05, 0.1) is 11.4 Å². The van der Waals surface area contributed by atoms with Gasteiger partial charge in [0.25, 0.3) is 0 Å². The number of nitrogens with zero attached hydrogens (tertiary/aromatic N) is 2. The summed E-state index contributed by atoms with van der Waals surface area (Å²) in [5.41, 5.74) is 3.09. The molecule has 1 fully saturated rings. The summed E-state index contributed by atoms with van der Waals surface area (Å²) in [4.78, 5) is 18.8. The summed E-state index contributed by atoms with van der Waals surface area (Å²) in [6.07, 6.45) is 5.78. The van der Waals surface area contributed by atoms with E-state index in [1.165, 1.54) is 24.8 Å². The molecule has 1 amide bonds. The van der Waals surface area contributed by atoms with Gasteiger partial charge >= 0.3 is 0 Å². The van der Waals surface area contributed by atoms with Crippen molar-refractivity contribution < 1.29 is 9.00 Å². The van der Waals surface area contributed by atoms with Gasteiger partial charge < -0.3 is 4.90 Å². The third kappa shape index (κ3) is 5.01. The molecule has 0 aliphatic heterocycles. The molecule has 26 heavy (non-hydrogen) atoms. The van der Waals surface area contributed by atoms with E-state index in [-0.39, 0.29) is 11.7 Å². The van der Waals surface area contributed by atoms with Gasteiger partial charge in [0.1, 0.15) is 10.8 Å². The molecule has 0 bridgehead atoms. The van der Waals surface area contributed by atoms with Crippen LogP contribution >= 0.6 is 11.3 Å². The molecule has 1 saturated carbocycles. The van der Waals surface area contributed by atoms with Gasteiger partial charge in [-0.2, -0.15) is 0 Å². The van der Waals surface area contributed by atoms with Crippen LogP contribution in [-0.2, 0) is 21.3 Å². The van der Waals surface area contributed by atoms with Crippen LogP contribution in [0, 0.1) is 6.92 Å². The van der Waals surface area contributed by atoms with Crippen LogP contribution in [0.25, 0.3) is 10.6 Å². The predicted molar refractivity (Wildman–Crippen MR) is 109 cm³/mol. The number of hydrogen-bond donors (Lipinski definition) is 0. The maximum Gasteiger partial charge on any atom is 0.235 e. The highest BCUT2D eigenvalue weighted by atomic mass is 32.2. The minimum Gasteiger partial charge on any atom is -0.342 e. The van der Waals surface area contributed by atoms with E-state index in [2.05, 4.69) is 36.2 Å². The first kappa shape index (κ1) is 19.2. The third-order valence-electron chi connectivity index (χ3n) is 4.96. The normalized spacial score (nSPS) is 16.4. The lowest BCUT2D eigenvalue weighted by molar-refractivity contribution is -0.129. The van der Waals surface area contributed by atoms with E-state index in [0.717, 1.165) is 29.1 Å². The summed E-state index contributed by atoms with van der Waals surface area (Å²) < 4.78 is 12.4. The molecule has 6 heteroatoms. The van der Waals surface area contributed by atoms with Crippen molar-refractivity contribution in [3.63, 3.8) is 0 Å². The van der Waals surface area contributed by atoms with E-state index in [1.807, 2.05) is 17.3 Å². The predicted octanol–water partition coefficient (Wildman–Crippen LogP) is 4.16.